The van der Waals surface area contributed by atoms with E-state index in [-0.39, 0.29) is 11.9 Å². The Morgan fingerprint density at radius 1 is 1.33 bits per heavy atom. The van der Waals surface area contributed by atoms with Crippen LogP contribution in [0.3, 0.4) is 0 Å². The summed E-state index contributed by atoms with van der Waals surface area (Å²) >= 11 is 0. The van der Waals surface area contributed by atoms with E-state index in [9.17, 15) is 4.79 Å². The van der Waals surface area contributed by atoms with Crippen molar-refractivity contribution in [3.05, 3.63) is 28.8 Å². The molecule has 1 unspecified atom stereocenters. The first-order chi connectivity index (χ1) is 8.50. The maximum Gasteiger partial charge on any atom is 0.246 e. The summed E-state index contributed by atoms with van der Waals surface area (Å²) in [5.41, 5.74) is 4.44. The molecule has 2 N–H and O–H groups in total. The van der Waals surface area contributed by atoms with Crippen LogP contribution < -0.4 is 10.6 Å². The van der Waals surface area contributed by atoms with Crippen LogP contribution in [0.25, 0.3) is 0 Å². The largest absolute Gasteiger partial charge is 0.324 e. The zero-order valence-electron chi connectivity index (χ0n) is 11.5. The normalized spacial score (nSPS) is 18.1. The van der Waals surface area contributed by atoms with E-state index in [1.54, 1.807) is 0 Å². The third kappa shape index (κ3) is 2.40. The second-order valence-corrected chi connectivity index (χ2v) is 5.15. The monoisotopic (exact) mass is 247 g/mol. The first-order valence-electron chi connectivity index (χ1n) is 6.30. The molecule has 4 nitrogen and oxygen atoms in total. The van der Waals surface area contributed by atoms with Gasteiger partial charge in [0.05, 0.1) is 0 Å². The number of hydrogen-bond acceptors (Lipinski definition) is 3. The molecule has 0 saturated carbocycles. The van der Waals surface area contributed by atoms with E-state index in [4.69, 9.17) is 0 Å². The van der Waals surface area contributed by atoms with Crippen LogP contribution in [0, 0.1) is 13.8 Å². The number of carbonyl (C=O) groups is 1. The summed E-state index contributed by atoms with van der Waals surface area (Å²) < 4.78 is 0. The highest BCUT2D eigenvalue weighted by Crippen LogP contribution is 2.34. The van der Waals surface area contributed by atoms with E-state index < -0.39 is 0 Å². The van der Waals surface area contributed by atoms with Crippen molar-refractivity contribution in [1.29, 1.82) is 0 Å². The number of hydrogen-bond donors (Lipinski definition) is 2. The molecular weight excluding hydrogens is 226 g/mol. The summed E-state index contributed by atoms with van der Waals surface area (Å²) in [6.45, 7) is 5.84. The van der Waals surface area contributed by atoms with Gasteiger partial charge >= 0.3 is 0 Å². The van der Waals surface area contributed by atoms with Gasteiger partial charge in [-0.3, -0.25) is 4.79 Å². The molecule has 0 saturated heterocycles. The Kier molecular flexibility index (Phi) is 3.68. The summed E-state index contributed by atoms with van der Waals surface area (Å²) in [7, 11) is 4.05. The standard InChI is InChI=1S/C14H21N3O/c1-9-5-6-11-12(10(9)2)16-14(18)13(11)15-7-8-17(3)4/h5-6,13,15H,7-8H2,1-4H3,(H,16,18). The topological polar surface area (TPSA) is 44.4 Å². The molecule has 0 spiro atoms. The summed E-state index contributed by atoms with van der Waals surface area (Å²) in [6, 6.07) is 3.91. The molecule has 1 aromatic rings. The predicted octanol–water partition coefficient (Wildman–Crippen LogP) is 1.45. The molecule has 0 bridgehead atoms. The van der Waals surface area contributed by atoms with E-state index in [0.29, 0.717) is 0 Å². The van der Waals surface area contributed by atoms with E-state index >= 15 is 0 Å². The highest BCUT2D eigenvalue weighted by atomic mass is 16.2. The van der Waals surface area contributed by atoms with E-state index in [0.717, 1.165) is 29.9 Å². The zero-order chi connectivity index (χ0) is 13.3. The van der Waals surface area contributed by atoms with Crippen LogP contribution in [0.2, 0.25) is 0 Å². The van der Waals surface area contributed by atoms with Crippen LogP contribution >= 0.6 is 0 Å². The molecule has 1 aliphatic rings. The summed E-state index contributed by atoms with van der Waals surface area (Å²) in [6.07, 6.45) is 0. The fourth-order valence-corrected chi connectivity index (χ4v) is 2.22. The molecule has 1 aliphatic heterocycles. The van der Waals surface area contributed by atoms with Crippen LogP contribution in [0.1, 0.15) is 22.7 Å². The number of benzene rings is 1. The summed E-state index contributed by atoms with van der Waals surface area (Å²) in [5, 5.41) is 6.29. The molecular formula is C14H21N3O. The van der Waals surface area contributed by atoms with Crippen LogP contribution in [-0.4, -0.2) is 38.0 Å². The van der Waals surface area contributed by atoms with Gasteiger partial charge in [0.2, 0.25) is 5.91 Å². The minimum atomic E-state index is -0.209. The average molecular weight is 247 g/mol. The predicted molar refractivity (Wildman–Crippen MR) is 73.8 cm³/mol. The minimum Gasteiger partial charge on any atom is -0.324 e. The van der Waals surface area contributed by atoms with Gasteiger partial charge in [-0.05, 0) is 39.1 Å². The second kappa shape index (κ2) is 5.08. The van der Waals surface area contributed by atoms with Gasteiger partial charge in [0.1, 0.15) is 6.04 Å². The number of rotatable bonds is 4. The van der Waals surface area contributed by atoms with Crippen LogP contribution in [0.4, 0.5) is 5.69 Å². The number of nitrogens with one attached hydrogen (secondary N) is 2. The fourth-order valence-electron chi connectivity index (χ4n) is 2.22. The first kappa shape index (κ1) is 13.1. The van der Waals surface area contributed by atoms with E-state index in [2.05, 4.69) is 35.4 Å². The molecule has 0 radical (unpaired) electrons. The average Bonchev–Trinajstić information content (AvgIpc) is 2.62. The zero-order valence-corrected chi connectivity index (χ0v) is 11.5. The van der Waals surface area contributed by atoms with Crippen molar-refractivity contribution < 1.29 is 4.79 Å². The highest BCUT2D eigenvalue weighted by molar-refractivity contribution is 6.03. The molecule has 1 amide bonds. The Hall–Kier alpha value is -1.39. The van der Waals surface area contributed by atoms with Crippen molar-refractivity contribution in [3.8, 4) is 0 Å². The molecule has 1 atom stereocenters. The summed E-state index contributed by atoms with van der Waals surface area (Å²) in [5.74, 6) is 0.0532. The lowest BCUT2D eigenvalue weighted by Crippen LogP contribution is -2.33. The van der Waals surface area contributed by atoms with Crippen molar-refractivity contribution in [2.75, 3.05) is 32.5 Å². The highest BCUT2D eigenvalue weighted by Gasteiger charge is 2.31. The van der Waals surface area contributed by atoms with Gasteiger partial charge in [-0.2, -0.15) is 0 Å². The fraction of sp³-hybridized carbons (Fsp3) is 0.500. The minimum absolute atomic E-state index is 0.0532. The van der Waals surface area contributed by atoms with Crippen molar-refractivity contribution in [1.82, 2.24) is 10.2 Å². The molecule has 4 heteroatoms. The Morgan fingerprint density at radius 3 is 2.72 bits per heavy atom. The van der Waals surface area contributed by atoms with E-state index in [1.165, 1.54) is 5.56 Å². The van der Waals surface area contributed by atoms with Crippen molar-refractivity contribution in [2.45, 2.75) is 19.9 Å². The number of aryl methyl sites for hydroxylation is 1. The lowest BCUT2D eigenvalue weighted by atomic mass is 10.0. The molecule has 98 valence electrons. The van der Waals surface area contributed by atoms with Crippen LogP contribution in [0.5, 0.6) is 0 Å². The third-order valence-electron chi connectivity index (χ3n) is 3.50. The van der Waals surface area contributed by atoms with Crippen molar-refractivity contribution >= 4 is 11.6 Å². The number of amides is 1. The number of anilines is 1. The number of likely N-dealkylation sites (N-methyl/N-ethyl adjacent to an activating group) is 1. The molecule has 1 aromatic carbocycles. The van der Waals surface area contributed by atoms with Crippen LogP contribution in [0.15, 0.2) is 12.1 Å². The van der Waals surface area contributed by atoms with Crippen molar-refractivity contribution in [2.24, 2.45) is 0 Å². The van der Waals surface area contributed by atoms with Gasteiger partial charge in [0.15, 0.2) is 0 Å². The maximum absolute atomic E-state index is 12.0. The van der Waals surface area contributed by atoms with E-state index in [1.807, 2.05) is 20.2 Å². The SMILES string of the molecule is Cc1ccc2c(c1C)NC(=O)C2NCCN(C)C. The maximum atomic E-state index is 12.0. The Morgan fingerprint density at radius 2 is 2.06 bits per heavy atom. The Bertz CT molecular complexity index is 468. The lowest BCUT2D eigenvalue weighted by Gasteiger charge is -2.14. The molecule has 18 heavy (non-hydrogen) atoms. The lowest BCUT2D eigenvalue weighted by molar-refractivity contribution is -0.117. The molecule has 0 aromatic heterocycles. The molecule has 0 aliphatic carbocycles. The van der Waals surface area contributed by atoms with Gasteiger partial charge in [0.25, 0.3) is 0 Å². The second-order valence-electron chi connectivity index (χ2n) is 5.15. The number of fused-ring (bicyclic) bond motifs is 1. The van der Waals surface area contributed by atoms with Gasteiger partial charge < -0.3 is 15.5 Å². The Balaban J connectivity index is 2.16. The van der Waals surface area contributed by atoms with Gasteiger partial charge in [0, 0.05) is 24.3 Å². The van der Waals surface area contributed by atoms with Gasteiger partial charge in [-0.1, -0.05) is 12.1 Å². The molecule has 1 heterocycles. The van der Waals surface area contributed by atoms with Gasteiger partial charge in [-0.25, -0.2) is 0 Å². The van der Waals surface area contributed by atoms with Crippen LogP contribution in [-0.2, 0) is 4.79 Å². The smallest absolute Gasteiger partial charge is 0.246 e. The first-order valence-corrected chi connectivity index (χ1v) is 6.30. The number of nitrogens with zero attached hydrogens (tertiary/aromatic N) is 1. The quantitative estimate of drug-likeness (QED) is 0.846. The summed E-state index contributed by atoms with van der Waals surface area (Å²) in [4.78, 5) is 14.1. The Labute approximate surface area is 108 Å². The number of carbonyl (C=O) groups excluding carboxylic acids is 1. The molecule has 0 fully saturated rings. The third-order valence-corrected chi connectivity index (χ3v) is 3.50. The molecule has 2 rings (SSSR count). The van der Waals surface area contributed by atoms with Crippen molar-refractivity contribution in [3.63, 3.8) is 0 Å². The van der Waals surface area contributed by atoms with Gasteiger partial charge in [-0.15, -0.1) is 0 Å².